The maximum Gasteiger partial charge on any atom is 0.137 e. The van der Waals surface area contributed by atoms with Crippen molar-refractivity contribution in [1.82, 2.24) is 0 Å². The molecule has 10 aromatic rings. The summed E-state index contributed by atoms with van der Waals surface area (Å²) in [7, 11) is 0. The molecule has 0 saturated carbocycles. The van der Waals surface area contributed by atoms with E-state index in [1.165, 1.54) is 38.2 Å². The number of hydrogen-bond donors (Lipinski definition) is 0. The molecule has 0 radical (unpaired) electrons. The van der Waals surface area contributed by atoms with Crippen molar-refractivity contribution in [2.24, 2.45) is 0 Å². The molecular weight excluding hydrogens is 631 g/mol. The third-order valence-electron chi connectivity index (χ3n) is 10.3. The number of hydrogen-bond acceptors (Lipinski definition) is 2. The van der Waals surface area contributed by atoms with Crippen LogP contribution in [-0.2, 0) is 0 Å². The molecule has 244 valence electrons. The Morgan fingerprint density at radius 1 is 0.327 bits per heavy atom. The van der Waals surface area contributed by atoms with E-state index in [0.29, 0.717) is 0 Å². The zero-order chi connectivity index (χ0) is 34.4. The van der Waals surface area contributed by atoms with E-state index in [1.807, 2.05) is 6.07 Å². The topological polar surface area (TPSA) is 16.4 Å². The highest BCUT2D eigenvalue weighted by molar-refractivity contribution is 6.14. The molecule has 0 aliphatic carbocycles. The van der Waals surface area contributed by atoms with E-state index in [4.69, 9.17) is 4.42 Å². The first-order chi connectivity index (χ1) is 25.8. The molecule has 0 N–H and O–H groups in total. The van der Waals surface area contributed by atoms with Gasteiger partial charge in [-0.3, -0.25) is 0 Å². The Balaban J connectivity index is 1.23. The van der Waals surface area contributed by atoms with Gasteiger partial charge in [-0.15, -0.1) is 0 Å². The third-order valence-corrected chi connectivity index (χ3v) is 10.3. The maximum atomic E-state index is 6.45. The zero-order valence-electron chi connectivity index (χ0n) is 28.4. The van der Waals surface area contributed by atoms with Crippen molar-refractivity contribution in [2.45, 2.75) is 0 Å². The van der Waals surface area contributed by atoms with Crippen molar-refractivity contribution in [3.05, 3.63) is 200 Å². The summed E-state index contributed by atoms with van der Waals surface area (Å²) in [4.78, 5) is 2.42. The van der Waals surface area contributed by atoms with E-state index in [1.54, 1.807) is 0 Å². The molecule has 0 bridgehead atoms. The second kappa shape index (κ2) is 12.5. The van der Waals surface area contributed by atoms with E-state index in [2.05, 4.69) is 199 Å². The van der Waals surface area contributed by atoms with E-state index in [0.717, 1.165) is 55.7 Å². The van der Waals surface area contributed by atoms with Crippen molar-refractivity contribution < 1.29 is 4.42 Å². The first-order valence-corrected chi connectivity index (χ1v) is 17.8. The fourth-order valence-electron chi connectivity index (χ4n) is 7.74. The lowest BCUT2D eigenvalue weighted by Gasteiger charge is -2.29. The van der Waals surface area contributed by atoms with Gasteiger partial charge in [0.05, 0.1) is 16.8 Å². The van der Waals surface area contributed by atoms with Crippen molar-refractivity contribution in [1.29, 1.82) is 0 Å². The smallest absolute Gasteiger partial charge is 0.137 e. The lowest BCUT2D eigenvalue weighted by Crippen LogP contribution is -2.12. The van der Waals surface area contributed by atoms with Crippen LogP contribution in [0.15, 0.2) is 205 Å². The molecule has 0 aliphatic rings. The number of fused-ring (bicyclic) bond motifs is 5. The second-order valence-electron chi connectivity index (χ2n) is 13.3. The average Bonchev–Trinajstić information content (AvgIpc) is 3.61. The monoisotopic (exact) mass is 663 g/mol. The first-order valence-electron chi connectivity index (χ1n) is 17.8. The Kier molecular flexibility index (Phi) is 7.18. The van der Waals surface area contributed by atoms with E-state index >= 15 is 0 Å². The number of rotatable bonds is 6. The molecule has 2 nitrogen and oxygen atoms in total. The van der Waals surface area contributed by atoms with Gasteiger partial charge in [0, 0.05) is 16.6 Å². The molecule has 1 aromatic heterocycles. The predicted octanol–water partition coefficient (Wildman–Crippen LogP) is 14.4. The van der Waals surface area contributed by atoms with Crippen molar-refractivity contribution in [3.8, 4) is 33.4 Å². The summed E-state index contributed by atoms with van der Waals surface area (Å²) in [5.74, 6) is 0. The van der Waals surface area contributed by atoms with Gasteiger partial charge in [0.25, 0.3) is 0 Å². The molecule has 52 heavy (non-hydrogen) atoms. The molecule has 9 aromatic carbocycles. The number of nitrogens with zero attached hydrogens (tertiary/aromatic N) is 1. The van der Waals surface area contributed by atoms with Crippen molar-refractivity contribution in [2.75, 3.05) is 4.90 Å². The molecular formula is C50H33NO. The quantitative estimate of drug-likeness (QED) is 0.176. The second-order valence-corrected chi connectivity index (χ2v) is 13.3. The van der Waals surface area contributed by atoms with Gasteiger partial charge in [-0.2, -0.15) is 0 Å². The predicted molar refractivity (Wildman–Crippen MR) is 220 cm³/mol. The fraction of sp³-hybridized carbons (Fsp3) is 0. The summed E-state index contributed by atoms with van der Waals surface area (Å²) in [6.07, 6.45) is 0. The van der Waals surface area contributed by atoms with Gasteiger partial charge < -0.3 is 9.32 Å². The van der Waals surface area contributed by atoms with Gasteiger partial charge in [-0.05, 0) is 91.8 Å². The molecule has 2 heteroatoms. The molecule has 0 aliphatic heterocycles. The van der Waals surface area contributed by atoms with Gasteiger partial charge in [0.15, 0.2) is 0 Å². The summed E-state index contributed by atoms with van der Waals surface area (Å²) in [6.45, 7) is 0. The Labute approximate surface area is 302 Å². The lowest BCUT2D eigenvalue weighted by atomic mass is 9.95. The van der Waals surface area contributed by atoms with E-state index in [-0.39, 0.29) is 0 Å². The van der Waals surface area contributed by atoms with Crippen LogP contribution in [0.3, 0.4) is 0 Å². The van der Waals surface area contributed by atoms with Gasteiger partial charge >= 0.3 is 0 Å². The van der Waals surface area contributed by atoms with Crippen molar-refractivity contribution >= 4 is 60.5 Å². The van der Waals surface area contributed by atoms with Crippen LogP contribution in [0.5, 0.6) is 0 Å². The molecule has 0 fully saturated rings. The van der Waals surface area contributed by atoms with Crippen LogP contribution >= 0.6 is 0 Å². The minimum Gasteiger partial charge on any atom is -0.456 e. The molecule has 0 unspecified atom stereocenters. The van der Waals surface area contributed by atoms with E-state index in [9.17, 15) is 0 Å². The van der Waals surface area contributed by atoms with Crippen LogP contribution in [0.1, 0.15) is 0 Å². The van der Waals surface area contributed by atoms with Crippen LogP contribution < -0.4 is 4.90 Å². The highest BCUT2D eigenvalue weighted by Gasteiger charge is 2.23. The Bertz CT molecular complexity index is 2900. The van der Waals surface area contributed by atoms with E-state index < -0.39 is 0 Å². The van der Waals surface area contributed by atoms with Crippen LogP contribution in [0, 0.1) is 0 Å². The molecule has 0 atom stereocenters. The average molecular weight is 664 g/mol. The van der Waals surface area contributed by atoms with Crippen molar-refractivity contribution in [3.63, 3.8) is 0 Å². The summed E-state index contributed by atoms with van der Waals surface area (Å²) in [6, 6.07) is 71.8. The maximum absolute atomic E-state index is 6.45. The van der Waals surface area contributed by atoms with Gasteiger partial charge in [0.1, 0.15) is 11.2 Å². The SMILES string of the molecule is c1ccc(-c2ccc(-c3ccc4ccccc4c3)cc2N(c2ccc(-c3cccc4ccccc34)cc2)c2cccc3oc4ccccc4c23)cc1. The van der Waals surface area contributed by atoms with Gasteiger partial charge in [-0.1, -0.05) is 158 Å². The molecule has 0 amide bonds. The Morgan fingerprint density at radius 3 is 1.81 bits per heavy atom. The number of para-hydroxylation sites is 1. The fourth-order valence-corrected chi connectivity index (χ4v) is 7.74. The van der Waals surface area contributed by atoms with Gasteiger partial charge in [0.2, 0.25) is 0 Å². The lowest BCUT2D eigenvalue weighted by molar-refractivity contribution is 0.669. The summed E-state index contributed by atoms with van der Waals surface area (Å²) >= 11 is 0. The summed E-state index contributed by atoms with van der Waals surface area (Å²) in [5.41, 5.74) is 12.0. The van der Waals surface area contributed by atoms with Gasteiger partial charge in [-0.25, -0.2) is 0 Å². The molecule has 0 saturated heterocycles. The highest BCUT2D eigenvalue weighted by Crippen LogP contribution is 2.47. The normalized spacial score (nSPS) is 11.5. The highest BCUT2D eigenvalue weighted by atomic mass is 16.3. The minimum atomic E-state index is 0.864. The molecule has 0 spiro atoms. The summed E-state index contributed by atoms with van der Waals surface area (Å²) in [5, 5.41) is 7.13. The molecule has 10 rings (SSSR count). The summed E-state index contributed by atoms with van der Waals surface area (Å²) < 4.78 is 6.45. The third kappa shape index (κ3) is 5.12. The van der Waals surface area contributed by atoms with Crippen LogP contribution in [0.2, 0.25) is 0 Å². The van der Waals surface area contributed by atoms with Crippen LogP contribution in [-0.4, -0.2) is 0 Å². The molecule has 1 heterocycles. The first kappa shape index (κ1) is 30.0. The largest absolute Gasteiger partial charge is 0.456 e. The standard InChI is InChI=1S/C50H33NO/c1-2-13-36(14-3-1)44-31-28-40(39-25-24-34-12-4-5-16-38(34)32-39)33-47(44)51(46-21-11-23-49-50(46)45-19-8-9-22-48(45)52-49)41-29-26-37(27-30-41)43-20-10-17-35-15-6-7-18-42(35)43/h1-33H. The number of furan rings is 1. The van der Waals surface area contributed by atoms with Crippen LogP contribution in [0.4, 0.5) is 17.1 Å². The Hall–Kier alpha value is -6.90. The van der Waals surface area contributed by atoms with Crippen LogP contribution in [0.25, 0.3) is 76.9 Å². The Morgan fingerprint density at radius 2 is 0.942 bits per heavy atom. The number of anilines is 3. The zero-order valence-corrected chi connectivity index (χ0v) is 28.4. The minimum absolute atomic E-state index is 0.864. The number of benzene rings is 9.